The highest BCUT2D eigenvalue weighted by atomic mass is 16.6. The molecule has 1 rings (SSSR count). The summed E-state index contributed by atoms with van der Waals surface area (Å²) in [6, 6.07) is 0. The van der Waals surface area contributed by atoms with Gasteiger partial charge in [0.05, 0.1) is 0 Å². The molecule has 1 saturated heterocycles. The van der Waals surface area contributed by atoms with Gasteiger partial charge >= 0.3 is 0 Å². The van der Waals surface area contributed by atoms with Crippen LogP contribution >= 0.6 is 0 Å². The Morgan fingerprint density at radius 2 is 2.25 bits per heavy atom. The molecule has 1 heterocycles. The van der Waals surface area contributed by atoms with E-state index < -0.39 is 0 Å². The summed E-state index contributed by atoms with van der Waals surface area (Å²) in [5.74, 6) is 0. The molecule has 0 bridgehead atoms. The minimum atomic E-state index is 0.0226. The fourth-order valence-electron chi connectivity index (χ4n) is 0.886. The third kappa shape index (κ3) is 0.740. The summed E-state index contributed by atoms with van der Waals surface area (Å²) in [5.41, 5.74) is 0.0226. The lowest BCUT2D eigenvalue weighted by molar-refractivity contribution is -0.279. The van der Waals surface area contributed by atoms with Gasteiger partial charge in [-0.15, -0.1) is 0 Å². The number of nitrogens with zero attached hydrogens (tertiary/aromatic N) is 1. The van der Waals surface area contributed by atoms with Gasteiger partial charge in [-0.3, -0.25) is 4.90 Å². The van der Waals surface area contributed by atoms with Gasteiger partial charge in [0.25, 0.3) is 0 Å². The molecule has 0 atom stereocenters. The Balaban J connectivity index is 2.37. The standard InChI is InChI=1S/C6H13NO/c1-4-7-5-8-6(7,2)3/h4-5H2,1-3H3. The van der Waals surface area contributed by atoms with E-state index in [-0.39, 0.29) is 5.72 Å². The molecule has 0 aromatic heterocycles. The van der Waals surface area contributed by atoms with Crippen molar-refractivity contribution in [2.24, 2.45) is 0 Å². The van der Waals surface area contributed by atoms with Crippen LogP contribution in [0.5, 0.6) is 0 Å². The van der Waals surface area contributed by atoms with Crippen molar-refractivity contribution >= 4 is 0 Å². The lowest BCUT2D eigenvalue weighted by Gasteiger charge is -2.47. The Labute approximate surface area is 50.4 Å². The van der Waals surface area contributed by atoms with Gasteiger partial charge in [0.2, 0.25) is 0 Å². The van der Waals surface area contributed by atoms with E-state index in [0.717, 1.165) is 13.3 Å². The molecular weight excluding hydrogens is 102 g/mol. The van der Waals surface area contributed by atoms with Crippen LogP contribution < -0.4 is 0 Å². The highest BCUT2D eigenvalue weighted by molar-refractivity contribution is 4.75. The predicted molar refractivity (Wildman–Crippen MR) is 32.4 cm³/mol. The van der Waals surface area contributed by atoms with Crippen molar-refractivity contribution in [1.82, 2.24) is 4.90 Å². The molecule has 0 aromatic rings. The molecular formula is C6H13NO. The van der Waals surface area contributed by atoms with Gasteiger partial charge in [-0.05, 0) is 13.8 Å². The van der Waals surface area contributed by atoms with Crippen LogP contribution in [0.2, 0.25) is 0 Å². The molecule has 0 spiro atoms. The predicted octanol–water partition coefficient (Wildman–Crippen LogP) is 1.03. The Morgan fingerprint density at radius 1 is 1.62 bits per heavy atom. The first-order valence-electron chi connectivity index (χ1n) is 3.06. The Kier molecular flexibility index (Phi) is 1.29. The highest BCUT2D eigenvalue weighted by Gasteiger charge is 2.35. The van der Waals surface area contributed by atoms with E-state index in [2.05, 4.69) is 25.7 Å². The van der Waals surface area contributed by atoms with Crippen LogP contribution in [0.25, 0.3) is 0 Å². The summed E-state index contributed by atoms with van der Waals surface area (Å²) in [4.78, 5) is 2.27. The number of hydrogen-bond acceptors (Lipinski definition) is 2. The molecule has 2 heteroatoms. The van der Waals surface area contributed by atoms with Crippen molar-refractivity contribution in [2.75, 3.05) is 13.3 Å². The zero-order chi connectivity index (χ0) is 6.20. The molecule has 0 radical (unpaired) electrons. The zero-order valence-electron chi connectivity index (χ0n) is 5.77. The van der Waals surface area contributed by atoms with Crippen LogP contribution in [0.4, 0.5) is 0 Å². The molecule has 0 unspecified atom stereocenters. The van der Waals surface area contributed by atoms with Crippen molar-refractivity contribution in [1.29, 1.82) is 0 Å². The molecule has 0 amide bonds. The third-order valence-electron chi connectivity index (χ3n) is 1.72. The number of hydrogen-bond donors (Lipinski definition) is 0. The van der Waals surface area contributed by atoms with E-state index in [1.165, 1.54) is 0 Å². The molecule has 1 aliphatic rings. The summed E-state index contributed by atoms with van der Waals surface area (Å²) < 4.78 is 5.25. The van der Waals surface area contributed by atoms with E-state index in [1.807, 2.05) is 0 Å². The maximum absolute atomic E-state index is 5.25. The molecule has 0 saturated carbocycles. The fraction of sp³-hybridized carbons (Fsp3) is 1.00. The van der Waals surface area contributed by atoms with Gasteiger partial charge < -0.3 is 4.74 Å². The van der Waals surface area contributed by atoms with Crippen molar-refractivity contribution in [3.05, 3.63) is 0 Å². The minimum absolute atomic E-state index is 0.0226. The van der Waals surface area contributed by atoms with Gasteiger partial charge in [-0.2, -0.15) is 0 Å². The molecule has 1 aliphatic heterocycles. The van der Waals surface area contributed by atoms with E-state index in [9.17, 15) is 0 Å². The number of ether oxygens (including phenoxy) is 1. The zero-order valence-corrected chi connectivity index (χ0v) is 5.77. The maximum atomic E-state index is 5.25. The third-order valence-corrected chi connectivity index (χ3v) is 1.72. The van der Waals surface area contributed by atoms with Crippen molar-refractivity contribution < 1.29 is 4.74 Å². The maximum Gasteiger partial charge on any atom is 0.119 e. The second kappa shape index (κ2) is 1.71. The second-order valence-corrected chi connectivity index (χ2v) is 2.58. The van der Waals surface area contributed by atoms with E-state index in [0.29, 0.717) is 0 Å². The quantitative estimate of drug-likeness (QED) is 0.506. The van der Waals surface area contributed by atoms with E-state index >= 15 is 0 Å². The van der Waals surface area contributed by atoms with Crippen LogP contribution in [0, 0.1) is 0 Å². The van der Waals surface area contributed by atoms with Crippen LogP contribution in [-0.4, -0.2) is 23.9 Å². The van der Waals surface area contributed by atoms with Gasteiger partial charge in [-0.25, -0.2) is 0 Å². The Bertz CT molecular complexity index is 88.5. The lowest BCUT2D eigenvalue weighted by Crippen LogP contribution is -2.57. The van der Waals surface area contributed by atoms with Crippen LogP contribution in [0.3, 0.4) is 0 Å². The van der Waals surface area contributed by atoms with Crippen molar-refractivity contribution in [2.45, 2.75) is 26.5 Å². The van der Waals surface area contributed by atoms with Crippen LogP contribution in [0.15, 0.2) is 0 Å². The topological polar surface area (TPSA) is 12.5 Å². The minimum Gasteiger partial charge on any atom is -0.345 e. The average molecular weight is 115 g/mol. The molecule has 1 fully saturated rings. The van der Waals surface area contributed by atoms with Gasteiger partial charge in [-0.1, -0.05) is 6.92 Å². The first-order chi connectivity index (χ1) is 3.67. The number of rotatable bonds is 1. The second-order valence-electron chi connectivity index (χ2n) is 2.58. The van der Waals surface area contributed by atoms with Gasteiger partial charge in [0, 0.05) is 6.54 Å². The first-order valence-corrected chi connectivity index (χ1v) is 3.06. The lowest BCUT2D eigenvalue weighted by atomic mass is 10.2. The normalized spacial score (nSPS) is 27.4. The largest absolute Gasteiger partial charge is 0.345 e. The van der Waals surface area contributed by atoms with Crippen LogP contribution in [-0.2, 0) is 4.74 Å². The summed E-state index contributed by atoms with van der Waals surface area (Å²) >= 11 is 0. The van der Waals surface area contributed by atoms with E-state index in [1.54, 1.807) is 0 Å². The SMILES string of the molecule is CCN1COC1(C)C. The average Bonchev–Trinajstić information content (AvgIpc) is 1.66. The monoisotopic (exact) mass is 115 g/mol. The Morgan fingerprint density at radius 3 is 2.25 bits per heavy atom. The Hall–Kier alpha value is -0.0800. The molecule has 0 N–H and O–H groups in total. The van der Waals surface area contributed by atoms with E-state index in [4.69, 9.17) is 4.74 Å². The summed E-state index contributed by atoms with van der Waals surface area (Å²) in [6.45, 7) is 8.21. The molecule has 0 aliphatic carbocycles. The molecule has 2 nitrogen and oxygen atoms in total. The van der Waals surface area contributed by atoms with Crippen LogP contribution in [0.1, 0.15) is 20.8 Å². The van der Waals surface area contributed by atoms with Gasteiger partial charge in [0.1, 0.15) is 12.5 Å². The molecule has 0 aromatic carbocycles. The smallest absolute Gasteiger partial charge is 0.119 e. The summed E-state index contributed by atoms with van der Waals surface area (Å²) in [6.07, 6.45) is 0. The summed E-state index contributed by atoms with van der Waals surface area (Å²) in [5, 5.41) is 0. The molecule has 48 valence electrons. The molecule has 8 heavy (non-hydrogen) atoms. The van der Waals surface area contributed by atoms with Crippen molar-refractivity contribution in [3.8, 4) is 0 Å². The first kappa shape index (κ1) is 6.05. The fourth-order valence-corrected chi connectivity index (χ4v) is 0.886. The van der Waals surface area contributed by atoms with Gasteiger partial charge in [0.15, 0.2) is 0 Å². The van der Waals surface area contributed by atoms with Crippen molar-refractivity contribution in [3.63, 3.8) is 0 Å². The summed E-state index contributed by atoms with van der Waals surface area (Å²) in [7, 11) is 0. The highest BCUT2D eigenvalue weighted by Crippen LogP contribution is 2.24.